The molecule has 0 fully saturated rings. The number of halogens is 3. The molecular formula is C11H8F3N3O. The molecule has 0 spiro atoms. The molecule has 18 heavy (non-hydrogen) atoms. The number of rotatable bonds is 1. The first-order valence-electron chi connectivity index (χ1n) is 4.97. The molecular weight excluding hydrogens is 247 g/mol. The number of benzene rings is 1. The summed E-state index contributed by atoms with van der Waals surface area (Å²) in [7, 11) is 1.23. The second-order valence-electron chi connectivity index (χ2n) is 3.60. The molecule has 0 N–H and O–H groups in total. The fourth-order valence-corrected chi connectivity index (χ4v) is 1.48. The Labute approximate surface area is 99.7 Å². The molecule has 1 heterocycles. The lowest BCUT2D eigenvalue weighted by Gasteiger charge is -2.09. The van der Waals surface area contributed by atoms with E-state index in [1.54, 1.807) is 30.3 Å². The molecule has 0 unspecified atom stereocenters. The number of hydrogen-bond acceptors (Lipinski definition) is 3. The molecule has 4 nitrogen and oxygen atoms in total. The van der Waals surface area contributed by atoms with Crippen LogP contribution < -0.4 is 5.56 Å². The van der Waals surface area contributed by atoms with Crippen molar-refractivity contribution in [1.82, 2.24) is 14.8 Å². The van der Waals surface area contributed by atoms with Gasteiger partial charge in [0.15, 0.2) is 5.82 Å². The van der Waals surface area contributed by atoms with Gasteiger partial charge in [-0.15, -0.1) is 10.2 Å². The zero-order valence-corrected chi connectivity index (χ0v) is 9.27. The molecule has 0 amide bonds. The Balaban J connectivity index is 2.62. The third kappa shape index (κ3) is 2.11. The molecule has 0 saturated carbocycles. The summed E-state index contributed by atoms with van der Waals surface area (Å²) < 4.78 is 38.2. The Bertz CT molecular complexity index is 620. The minimum atomic E-state index is -4.79. The van der Waals surface area contributed by atoms with Crippen LogP contribution in [0.3, 0.4) is 0 Å². The van der Waals surface area contributed by atoms with Crippen molar-refractivity contribution in [3.05, 3.63) is 46.4 Å². The van der Waals surface area contributed by atoms with Crippen molar-refractivity contribution < 1.29 is 13.2 Å². The summed E-state index contributed by atoms with van der Waals surface area (Å²) in [6, 6.07) is 8.41. The quantitative estimate of drug-likeness (QED) is 0.781. The molecule has 2 rings (SSSR count). The summed E-state index contributed by atoms with van der Waals surface area (Å²) >= 11 is 0. The SMILES string of the molecule is Cn1c(-c2ccccc2)nnc(C(F)(F)F)c1=O. The maximum atomic E-state index is 12.4. The molecule has 0 radical (unpaired) electrons. The maximum absolute atomic E-state index is 12.4. The first-order valence-corrected chi connectivity index (χ1v) is 4.97. The molecule has 0 aliphatic heterocycles. The monoisotopic (exact) mass is 255 g/mol. The summed E-state index contributed by atoms with van der Waals surface area (Å²) in [5, 5.41) is 6.45. The molecule has 0 aliphatic carbocycles. The fourth-order valence-electron chi connectivity index (χ4n) is 1.48. The molecule has 0 aliphatic rings. The lowest BCUT2D eigenvalue weighted by Crippen LogP contribution is -2.30. The van der Waals surface area contributed by atoms with Gasteiger partial charge >= 0.3 is 6.18 Å². The molecule has 7 heteroatoms. The predicted octanol–water partition coefficient (Wildman–Crippen LogP) is 1.86. The third-order valence-corrected chi connectivity index (χ3v) is 2.37. The van der Waals surface area contributed by atoms with E-state index in [9.17, 15) is 18.0 Å². The van der Waals surface area contributed by atoms with E-state index in [0.29, 0.717) is 5.56 Å². The lowest BCUT2D eigenvalue weighted by molar-refractivity contribution is -0.143. The van der Waals surface area contributed by atoms with E-state index in [2.05, 4.69) is 10.2 Å². The Hall–Kier alpha value is -2.18. The van der Waals surface area contributed by atoms with E-state index >= 15 is 0 Å². The molecule has 94 valence electrons. The highest BCUT2D eigenvalue weighted by molar-refractivity contribution is 5.54. The van der Waals surface area contributed by atoms with Crippen LogP contribution in [0.2, 0.25) is 0 Å². The number of alkyl halides is 3. The van der Waals surface area contributed by atoms with Crippen LogP contribution in [0.4, 0.5) is 13.2 Å². The Morgan fingerprint density at radius 2 is 1.72 bits per heavy atom. The van der Waals surface area contributed by atoms with E-state index in [-0.39, 0.29) is 5.82 Å². The highest BCUT2D eigenvalue weighted by Crippen LogP contribution is 2.25. The van der Waals surface area contributed by atoms with Crippen molar-refractivity contribution in [2.75, 3.05) is 0 Å². The van der Waals surface area contributed by atoms with Gasteiger partial charge < -0.3 is 0 Å². The highest BCUT2D eigenvalue weighted by Gasteiger charge is 2.37. The van der Waals surface area contributed by atoms with Crippen molar-refractivity contribution in [2.45, 2.75) is 6.18 Å². The number of hydrogen-bond donors (Lipinski definition) is 0. The van der Waals surface area contributed by atoms with Crippen molar-refractivity contribution in [3.8, 4) is 11.4 Å². The second kappa shape index (κ2) is 4.25. The topological polar surface area (TPSA) is 47.8 Å². The van der Waals surface area contributed by atoms with Crippen LogP contribution in [0.15, 0.2) is 35.1 Å². The minimum Gasteiger partial charge on any atom is -0.292 e. The van der Waals surface area contributed by atoms with Gasteiger partial charge in [-0.3, -0.25) is 9.36 Å². The highest BCUT2D eigenvalue weighted by atomic mass is 19.4. The van der Waals surface area contributed by atoms with E-state index in [0.717, 1.165) is 4.57 Å². The van der Waals surface area contributed by atoms with Gasteiger partial charge in [-0.2, -0.15) is 13.2 Å². The Kier molecular flexibility index (Phi) is 2.90. The number of aromatic nitrogens is 3. The fraction of sp³-hybridized carbons (Fsp3) is 0.182. The molecule has 2 aromatic rings. The summed E-state index contributed by atoms with van der Waals surface area (Å²) in [6.07, 6.45) is -4.79. The summed E-state index contributed by atoms with van der Waals surface area (Å²) in [5.41, 5.74) is -2.20. The summed E-state index contributed by atoms with van der Waals surface area (Å²) in [4.78, 5) is 11.6. The molecule has 0 atom stereocenters. The average Bonchev–Trinajstić information content (AvgIpc) is 2.32. The number of nitrogens with zero attached hydrogens (tertiary/aromatic N) is 3. The first kappa shape index (κ1) is 12.3. The van der Waals surface area contributed by atoms with E-state index in [1.807, 2.05) is 0 Å². The molecule has 0 saturated heterocycles. The van der Waals surface area contributed by atoms with Gasteiger partial charge in [0.1, 0.15) is 0 Å². The van der Waals surface area contributed by atoms with Gasteiger partial charge in [0.05, 0.1) is 0 Å². The van der Waals surface area contributed by atoms with Crippen molar-refractivity contribution in [3.63, 3.8) is 0 Å². The van der Waals surface area contributed by atoms with E-state index in [4.69, 9.17) is 0 Å². The van der Waals surface area contributed by atoms with Crippen molar-refractivity contribution in [1.29, 1.82) is 0 Å². The van der Waals surface area contributed by atoms with Crippen molar-refractivity contribution in [2.24, 2.45) is 7.05 Å². The van der Waals surface area contributed by atoms with Crippen LogP contribution in [-0.4, -0.2) is 14.8 Å². The molecule has 1 aromatic carbocycles. The smallest absolute Gasteiger partial charge is 0.292 e. The van der Waals surface area contributed by atoms with Crippen molar-refractivity contribution >= 4 is 0 Å². The normalized spacial score (nSPS) is 11.6. The lowest BCUT2D eigenvalue weighted by atomic mass is 10.2. The molecule has 0 bridgehead atoms. The van der Waals surface area contributed by atoms with Gasteiger partial charge in [0.25, 0.3) is 5.56 Å². The van der Waals surface area contributed by atoms with Gasteiger partial charge in [-0.25, -0.2) is 0 Å². The zero-order valence-electron chi connectivity index (χ0n) is 9.27. The van der Waals surface area contributed by atoms with Crippen LogP contribution in [0, 0.1) is 0 Å². The van der Waals surface area contributed by atoms with Gasteiger partial charge in [0.2, 0.25) is 5.69 Å². The van der Waals surface area contributed by atoms with E-state index in [1.165, 1.54) is 7.05 Å². The van der Waals surface area contributed by atoms with Gasteiger partial charge in [0, 0.05) is 12.6 Å². The Morgan fingerprint density at radius 3 is 2.28 bits per heavy atom. The minimum absolute atomic E-state index is 0.0913. The maximum Gasteiger partial charge on any atom is 0.440 e. The summed E-state index contributed by atoms with van der Waals surface area (Å²) in [6.45, 7) is 0. The van der Waals surface area contributed by atoms with Gasteiger partial charge in [-0.1, -0.05) is 30.3 Å². The summed E-state index contributed by atoms with van der Waals surface area (Å²) in [5.74, 6) is 0.0913. The van der Waals surface area contributed by atoms with Gasteiger partial charge in [-0.05, 0) is 0 Å². The van der Waals surface area contributed by atoms with Crippen LogP contribution >= 0.6 is 0 Å². The average molecular weight is 255 g/mol. The molecule has 1 aromatic heterocycles. The zero-order chi connectivity index (χ0) is 13.3. The second-order valence-corrected chi connectivity index (χ2v) is 3.60. The van der Waals surface area contributed by atoms with Crippen LogP contribution in [-0.2, 0) is 13.2 Å². The Morgan fingerprint density at radius 1 is 1.11 bits per heavy atom. The third-order valence-electron chi connectivity index (χ3n) is 2.37. The van der Waals surface area contributed by atoms with Crippen LogP contribution in [0.5, 0.6) is 0 Å². The van der Waals surface area contributed by atoms with Crippen LogP contribution in [0.1, 0.15) is 5.69 Å². The predicted molar refractivity (Wildman–Crippen MR) is 57.7 cm³/mol. The van der Waals surface area contributed by atoms with Crippen LogP contribution in [0.25, 0.3) is 11.4 Å². The van der Waals surface area contributed by atoms with E-state index < -0.39 is 17.4 Å². The largest absolute Gasteiger partial charge is 0.440 e. The standard InChI is InChI=1S/C11H8F3N3O/c1-17-9(7-5-3-2-4-6-7)16-15-8(10(17)18)11(12,13)14/h2-6H,1H3. The first-order chi connectivity index (χ1) is 8.41.